The lowest BCUT2D eigenvalue weighted by Crippen LogP contribution is -2.00. The molecule has 0 atom stereocenters. The number of aromatic nitrogens is 4. The third-order valence-electron chi connectivity index (χ3n) is 5.96. The van der Waals surface area contributed by atoms with Crippen LogP contribution in [0.25, 0.3) is 55.1 Å². The van der Waals surface area contributed by atoms with Gasteiger partial charge in [-0.05, 0) is 34.0 Å². The Labute approximate surface area is 204 Å². The number of nitrogens with one attached hydrogen (secondary N) is 2. The second-order valence-electron chi connectivity index (χ2n) is 8.15. The molecule has 0 amide bonds. The van der Waals surface area contributed by atoms with E-state index in [1.165, 1.54) is 0 Å². The Hall–Kier alpha value is -4.10. The Balaban J connectivity index is 1.74. The van der Waals surface area contributed by atoms with Crippen LogP contribution < -0.4 is 0 Å². The number of hydrogen-bond donors (Lipinski definition) is 4. The molecule has 4 aromatic carbocycles. The summed E-state index contributed by atoms with van der Waals surface area (Å²) in [7, 11) is -9.13. The third kappa shape index (κ3) is 3.55. The number of H-pyrrole nitrogens is 2. The van der Waals surface area contributed by atoms with Crippen molar-refractivity contribution in [2.75, 3.05) is 0 Å². The average Bonchev–Trinajstić information content (AvgIpc) is 3.48. The molecule has 2 aromatic heterocycles. The molecule has 4 N–H and O–H groups in total. The van der Waals surface area contributed by atoms with Gasteiger partial charge in [-0.3, -0.25) is 9.11 Å². The van der Waals surface area contributed by atoms with E-state index in [-0.39, 0.29) is 0 Å². The topological polar surface area (TPSA) is 166 Å². The van der Waals surface area contributed by atoms with Crippen molar-refractivity contribution in [2.24, 2.45) is 0 Å². The van der Waals surface area contributed by atoms with E-state index >= 15 is 0 Å². The minimum Gasteiger partial charge on any atom is -0.327 e. The van der Waals surface area contributed by atoms with Crippen molar-refractivity contribution in [2.45, 2.75) is 10.3 Å². The highest BCUT2D eigenvalue weighted by molar-refractivity contribution is 7.85. The summed E-state index contributed by atoms with van der Waals surface area (Å²) >= 11 is 0. The largest absolute Gasteiger partial charge is 0.328 e. The van der Waals surface area contributed by atoms with Crippen molar-refractivity contribution >= 4 is 53.1 Å². The molecule has 0 saturated carbocycles. The molecule has 0 unspecified atom stereocenters. The SMILES string of the molecule is O=S(=O)(O)c1nc2c(-c3ccc4ccccc4c3-c3cccc4[nH]c(S(=O)(=O)O)nc34)cccc2[nH]1. The van der Waals surface area contributed by atoms with E-state index in [4.69, 9.17) is 0 Å². The average molecular weight is 521 g/mol. The fourth-order valence-electron chi connectivity index (χ4n) is 4.47. The summed E-state index contributed by atoms with van der Waals surface area (Å²) in [6.45, 7) is 0. The lowest BCUT2D eigenvalue weighted by molar-refractivity contribution is 0.474. The first-order valence-corrected chi connectivity index (χ1v) is 13.4. The highest BCUT2D eigenvalue weighted by atomic mass is 32.2. The van der Waals surface area contributed by atoms with Gasteiger partial charge in [0.15, 0.2) is 0 Å². The van der Waals surface area contributed by atoms with Crippen molar-refractivity contribution in [3.8, 4) is 22.3 Å². The van der Waals surface area contributed by atoms with Crippen LogP contribution in [0.1, 0.15) is 0 Å². The molecule has 0 fully saturated rings. The van der Waals surface area contributed by atoms with Crippen molar-refractivity contribution < 1.29 is 25.9 Å². The van der Waals surface area contributed by atoms with Crippen LogP contribution in [0.4, 0.5) is 0 Å². The summed E-state index contributed by atoms with van der Waals surface area (Å²) < 4.78 is 66.0. The first-order chi connectivity index (χ1) is 17.1. The van der Waals surface area contributed by atoms with Crippen LogP contribution in [0.15, 0.2) is 83.1 Å². The van der Waals surface area contributed by atoms with Crippen LogP contribution in [0, 0.1) is 0 Å². The van der Waals surface area contributed by atoms with Crippen LogP contribution in [0.3, 0.4) is 0 Å². The molecule has 6 aromatic rings. The van der Waals surface area contributed by atoms with E-state index in [0.717, 1.165) is 10.8 Å². The number of benzene rings is 4. The van der Waals surface area contributed by atoms with Crippen LogP contribution in [-0.2, 0) is 20.2 Å². The molecule has 12 heteroatoms. The summed E-state index contributed by atoms with van der Waals surface area (Å²) in [5.74, 6) is 0. The van der Waals surface area contributed by atoms with Crippen LogP contribution in [0.2, 0.25) is 0 Å². The number of fused-ring (bicyclic) bond motifs is 3. The number of hydrogen-bond acceptors (Lipinski definition) is 6. The maximum atomic E-state index is 11.8. The van der Waals surface area contributed by atoms with E-state index < -0.39 is 30.5 Å². The van der Waals surface area contributed by atoms with E-state index in [0.29, 0.717) is 44.3 Å². The minimum absolute atomic E-state index is 0.328. The van der Waals surface area contributed by atoms with Crippen molar-refractivity contribution in [3.05, 3.63) is 72.8 Å². The normalized spacial score (nSPS) is 12.6. The highest BCUT2D eigenvalue weighted by Gasteiger charge is 2.22. The third-order valence-corrected chi connectivity index (χ3v) is 7.32. The lowest BCUT2D eigenvalue weighted by Gasteiger charge is -2.15. The minimum atomic E-state index is -4.57. The molecule has 180 valence electrons. The van der Waals surface area contributed by atoms with Gasteiger partial charge in [-0.2, -0.15) is 16.8 Å². The maximum Gasteiger partial charge on any atom is 0.328 e. The van der Waals surface area contributed by atoms with Gasteiger partial charge in [0.2, 0.25) is 0 Å². The number of imidazole rings is 2. The molecular formula is C24H16N4O6S2. The number of para-hydroxylation sites is 2. The van der Waals surface area contributed by atoms with Crippen LogP contribution in [-0.4, -0.2) is 45.9 Å². The fourth-order valence-corrected chi connectivity index (χ4v) is 5.36. The van der Waals surface area contributed by atoms with Crippen LogP contribution in [0.5, 0.6) is 0 Å². The Morgan fingerprint density at radius 2 is 1.14 bits per heavy atom. The molecule has 6 rings (SSSR count). The molecule has 0 aliphatic carbocycles. The molecule has 36 heavy (non-hydrogen) atoms. The number of nitrogens with zero attached hydrogens (tertiary/aromatic N) is 2. The molecule has 10 nitrogen and oxygen atoms in total. The van der Waals surface area contributed by atoms with Crippen molar-refractivity contribution in [3.63, 3.8) is 0 Å². The Morgan fingerprint density at radius 3 is 1.75 bits per heavy atom. The molecule has 0 bridgehead atoms. The van der Waals surface area contributed by atoms with Gasteiger partial charge >= 0.3 is 20.2 Å². The van der Waals surface area contributed by atoms with Gasteiger partial charge in [0.25, 0.3) is 10.3 Å². The Bertz CT molecular complexity index is 2060. The first-order valence-electron chi connectivity index (χ1n) is 10.6. The molecule has 0 aliphatic rings. The van der Waals surface area contributed by atoms with Gasteiger partial charge in [0, 0.05) is 11.1 Å². The van der Waals surface area contributed by atoms with Gasteiger partial charge in [0.1, 0.15) is 0 Å². The molecular weight excluding hydrogens is 504 g/mol. The van der Waals surface area contributed by atoms with E-state index in [1.54, 1.807) is 36.4 Å². The maximum absolute atomic E-state index is 11.8. The van der Waals surface area contributed by atoms with Crippen LogP contribution >= 0.6 is 0 Å². The lowest BCUT2D eigenvalue weighted by atomic mass is 9.89. The summed E-state index contributed by atoms with van der Waals surface area (Å²) in [6.07, 6.45) is 0. The molecule has 2 heterocycles. The zero-order chi connectivity index (χ0) is 25.2. The first kappa shape index (κ1) is 22.4. The van der Waals surface area contributed by atoms with Gasteiger partial charge in [0.05, 0.1) is 22.1 Å². The molecule has 0 saturated heterocycles. The summed E-state index contributed by atoms with van der Waals surface area (Å²) in [5, 5.41) is 0.603. The zero-order valence-corrected chi connectivity index (χ0v) is 19.8. The van der Waals surface area contributed by atoms with E-state index in [1.807, 2.05) is 36.4 Å². The standard InChI is InChI=1S/C24H16N4O6S2/c29-35(30,31)23-25-18-9-3-7-16(21(18)27-23)15-12-11-13-5-1-2-6-14(13)20(15)17-8-4-10-19-22(17)28-24(26-19)36(32,33)34/h1-12H,(H,25,27)(H,26,28)(H,29,30,31)(H,32,33,34). The van der Waals surface area contributed by atoms with E-state index in [2.05, 4.69) is 19.9 Å². The highest BCUT2D eigenvalue weighted by Crippen LogP contribution is 2.42. The quantitative estimate of drug-likeness (QED) is 0.248. The van der Waals surface area contributed by atoms with E-state index in [9.17, 15) is 25.9 Å². The molecule has 0 spiro atoms. The number of rotatable bonds is 4. The summed E-state index contributed by atoms with van der Waals surface area (Å²) in [5.41, 5.74) is 4.03. The molecule has 0 radical (unpaired) electrons. The van der Waals surface area contributed by atoms with Gasteiger partial charge in [-0.25, -0.2) is 9.97 Å². The van der Waals surface area contributed by atoms with Gasteiger partial charge < -0.3 is 9.97 Å². The fraction of sp³-hybridized carbons (Fsp3) is 0. The van der Waals surface area contributed by atoms with Crippen molar-refractivity contribution in [1.82, 2.24) is 19.9 Å². The molecule has 0 aliphatic heterocycles. The predicted octanol–water partition coefficient (Wildman–Crippen LogP) is 4.42. The summed E-state index contributed by atoms with van der Waals surface area (Å²) in [6, 6.07) is 21.7. The monoisotopic (exact) mass is 520 g/mol. The second kappa shape index (κ2) is 7.70. The smallest absolute Gasteiger partial charge is 0.327 e. The number of aromatic amines is 2. The Morgan fingerprint density at radius 1 is 0.583 bits per heavy atom. The van der Waals surface area contributed by atoms with Gasteiger partial charge in [-0.1, -0.05) is 60.7 Å². The van der Waals surface area contributed by atoms with Crippen molar-refractivity contribution in [1.29, 1.82) is 0 Å². The van der Waals surface area contributed by atoms with Gasteiger partial charge in [-0.15, -0.1) is 0 Å². The summed E-state index contributed by atoms with van der Waals surface area (Å²) in [4.78, 5) is 13.6. The Kier molecular flexibility index (Phi) is 4.78. The predicted molar refractivity (Wildman–Crippen MR) is 134 cm³/mol. The second-order valence-corrected chi connectivity index (χ2v) is 10.8. The zero-order valence-electron chi connectivity index (χ0n) is 18.2.